The van der Waals surface area contributed by atoms with Gasteiger partial charge in [-0.05, 0) is 30.5 Å². The van der Waals surface area contributed by atoms with Gasteiger partial charge in [0, 0.05) is 6.04 Å². The smallest absolute Gasteiger partial charge is 0.335 e. The summed E-state index contributed by atoms with van der Waals surface area (Å²) in [5.41, 5.74) is 0.757. The molecule has 1 saturated carbocycles. The normalized spacial score (nSPS) is 14.3. The van der Waals surface area contributed by atoms with Gasteiger partial charge in [0.2, 0.25) is 5.91 Å². The summed E-state index contributed by atoms with van der Waals surface area (Å²) >= 11 is 0. The summed E-state index contributed by atoms with van der Waals surface area (Å²) in [5, 5.41) is 8.77. The Hall–Kier alpha value is -1.98. The number of hydrogen-bond donors (Lipinski definition) is 1. The number of aromatic carboxylic acids is 1. The van der Waals surface area contributed by atoms with E-state index in [1.165, 1.54) is 29.2 Å². The molecule has 1 aliphatic carbocycles. The predicted molar refractivity (Wildman–Crippen MR) is 67.8 cm³/mol. The fraction of sp³-hybridized carbons (Fsp3) is 0.429. The number of benzene rings is 1. The number of carbonyl (C=O) groups excluding carboxylic acids is 1. The van der Waals surface area contributed by atoms with E-state index >= 15 is 0 Å². The first-order valence-corrected chi connectivity index (χ1v) is 6.37. The van der Waals surface area contributed by atoms with Gasteiger partial charge in [-0.1, -0.05) is 12.1 Å². The second-order valence-electron chi connectivity index (χ2n) is 4.85. The van der Waals surface area contributed by atoms with Gasteiger partial charge >= 0.3 is 5.97 Å². The number of nitrogens with zero attached hydrogens (tertiary/aromatic N) is 1. The molecule has 1 fully saturated rings. The Balaban J connectivity index is 2.00. The molecule has 20 heavy (non-hydrogen) atoms. The minimum atomic E-state index is -2.53. The van der Waals surface area contributed by atoms with Crippen molar-refractivity contribution in [2.24, 2.45) is 0 Å². The Bertz CT molecular complexity index is 498. The van der Waals surface area contributed by atoms with Gasteiger partial charge in [0.15, 0.2) is 0 Å². The molecule has 0 radical (unpaired) electrons. The maximum Gasteiger partial charge on any atom is 0.335 e. The van der Waals surface area contributed by atoms with Crippen molar-refractivity contribution < 1.29 is 23.5 Å². The largest absolute Gasteiger partial charge is 0.478 e. The zero-order valence-corrected chi connectivity index (χ0v) is 10.8. The minimum absolute atomic E-state index is 0.0170. The van der Waals surface area contributed by atoms with Crippen molar-refractivity contribution in [3.63, 3.8) is 0 Å². The standard InChI is InChI=1S/C14H15F2NO3/c15-12(16)8-17(11-5-6-11)13(18)7-9-1-3-10(4-2-9)14(19)20/h1-4,11-12H,5-8H2,(H,19,20). The van der Waals surface area contributed by atoms with Crippen LogP contribution in [0.3, 0.4) is 0 Å². The van der Waals surface area contributed by atoms with Crippen LogP contribution in [-0.4, -0.2) is 40.9 Å². The lowest BCUT2D eigenvalue weighted by atomic mass is 10.1. The van der Waals surface area contributed by atoms with Crippen LogP contribution in [0.2, 0.25) is 0 Å². The SMILES string of the molecule is O=C(O)c1ccc(CC(=O)N(CC(F)F)C2CC2)cc1. The van der Waals surface area contributed by atoms with E-state index < -0.39 is 18.9 Å². The van der Waals surface area contributed by atoms with Crippen molar-refractivity contribution in [2.75, 3.05) is 6.54 Å². The van der Waals surface area contributed by atoms with Gasteiger partial charge in [-0.25, -0.2) is 13.6 Å². The number of carbonyl (C=O) groups is 2. The Kier molecular flexibility index (Phi) is 4.32. The fourth-order valence-corrected chi connectivity index (χ4v) is 2.03. The first-order valence-electron chi connectivity index (χ1n) is 6.37. The number of halogens is 2. The van der Waals surface area contributed by atoms with Gasteiger partial charge in [-0.15, -0.1) is 0 Å². The van der Waals surface area contributed by atoms with Gasteiger partial charge in [0.05, 0.1) is 18.5 Å². The van der Waals surface area contributed by atoms with Crippen molar-refractivity contribution in [3.8, 4) is 0 Å². The average Bonchev–Trinajstić information content (AvgIpc) is 3.20. The third kappa shape index (κ3) is 3.76. The molecule has 0 atom stereocenters. The zero-order valence-electron chi connectivity index (χ0n) is 10.8. The lowest BCUT2D eigenvalue weighted by Crippen LogP contribution is -2.37. The molecule has 0 bridgehead atoms. The molecule has 2 rings (SSSR count). The van der Waals surface area contributed by atoms with Crippen LogP contribution in [0.4, 0.5) is 8.78 Å². The second-order valence-corrected chi connectivity index (χ2v) is 4.85. The number of carboxylic acid groups (broad SMARTS) is 1. The molecule has 6 heteroatoms. The number of carboxylic acids is 1. The molecule has 0 spiro atoms. The van der Waals surface area contributed by atoms with E-state index in [4.69, 9.17) is 5.11 Å². The third-order valence-electron chi connectivity index (χ3n) is 3.20. The average molecular weight is 283 g/mol. The third-order valence-corrected chi connectivity index (χ3v) is 3.20. The van der Waals surface area contributed by atoms with Crippen molar-refractivity contribution in [1.29, 1.82) is 0 Å². The van der Waals surface area contributed by atoms with E-state index in [2.05, 4.69) is 0 Å². The molecule has 1 N–H and O–H groups in total. The summed E-state index contributed by atoms with van der Waals surface area (Å²) in [6.07, 6.45) is -0.968. The molecule has 1 aromatic carbocycles. The van der Waals surface area contributed by atoms with Crippen LogP contribution in [0.25, 0.3) is 0 Å². The topological polar surface area (TPSA) is 57.6 Å². The summed E-state index contributed by atoms with van der Waals surface area (Å²) in [7, 11) is 0. The maximum absolute atomic E-state index is 12.5. The number of alkyl halides is 2. The first kappa shape index (κ1) is 14.4. The lowest BCUT2D eigenvalue weighted by molar-refractivity contribution is -0.133. The summed E-state index contributed by atoms with van der Waals surface area (Å²) in [4.78, 5) is 24.0. The van der Waals surface area contributed by atoms with Crippen LogP contribution in [-0.2, 0) is 11.2 Å². The maximum atomic E-state index is 12.5. The Morgan fingerprint density at radius 1 is 1.25 bits per heavy atom. The van der Waals surface area contributed by atoms with Gasteiger partial charge in [-0.2, -0.15) is 0 Å². The Morgan fingerprint density at radius 3 is 2.30 bits per heavy atom. The van der Waals surface area contributed by atoms with Crippen molar-refractivity contribution >= 4 is 11.9 Å². The van der Waals surface area contributed by atoms with Crippen LogP contribution in [0.15, 0.2) is 24.3 Å². The highest BCUT2D eigenvalue weighted by molar-refractivity contribution is 5.87. The van der Waals surface area contributed by atoms with Gasteiger partial charge in [-0.3, -0.25) is 4.79 Å². The molecule has 1 aliphatic rings. The van der Waals surface area contributed by atoms with E-state index in [-0.39, 0.29) is 23.9 Å². The molecule has 0 saturated heterocycles. The quantitative estimate of drug-likeness (QED) is 0.870. The van der Waals surface area contributed by atoms with Crippen molar-refractivity contribution in [2.45, 2.75) is 31.7 Å². The molecule has 1 aromatic rings. The van der Waals surface area contributed by atoms with Crippen molar-refractivity contribution in [3.05, 3.63) is 35.4 Å². The molecule has 0 heterocycles. The van der Waals surface area contributed by atoms with E-state index in [1.54, 1.807) is 0 Å². The molecule has 0 aromatic heterocycles. The van der Waals surface area contributed by atoms with Crippen LogP contribution in [0.1, 0.15) is 28.8 Å². The van der Waals surface area contributed by atoms with Crippen LogP contribution < -0.4 is 0 Å². The summed E-state index contributed by atoms with van der Waals surface area (Å²) in [6.45, 7) is -0.531. The second kappa shape index (κ2) is 5.98. The van der Waals surface area contributed by atoms with E-state index in [1.807, 2.05) is 0 Å². The van der Waals surface area contributed by atoms with Gasteiger partial charge in [0.1, 0.15) is 0 Å². The number of rotatable bonds is 6. The van der Waals surface area contributed by atoms with Crippen LogP contribution in [0.5, 0.6) is 0 Å². The highest BCUT2D eigenvalue weighted by Crippen LogP contribution is 2.28. The predicted octanol–water partition coefficient (Wildman–Crippen LogP) is 2.18. The van der Waals surface area contributed by atoms with Crippen molar-refractivity contribution in [1.82, 2.24) is 4.90 Å². The van der Waals surface area contributed by atoms with Gasteiger partial charge in [0.25, 0.3) is 6.43 Å². The number of hydrogen-bond acceptors (Lipinski definition) is 2. The van der Waals surface area contributed by atoms with Gasteiger partial charge < -0.3 is 10.0 Å². The zero-order chi connectivity index (χ0) is 14.7. The molecular weight excluding hydrogens is 268 g/mol. The first-order chi connectivity index (χ1) is 9.47. The highest BCUT2D eigenvalue weighted by Gasteiger charge is 2.33. The molecule has 0 unspecified atom stereocenters. The van der Waals surface area contributed by atoms with E-state index in [9.17, 15) is 18.4 Å². The lowest BCUT2D eigenvalue weighted by Gasteiger charge is -2.22. The Morgan fingerprint density at radius 2 is 1.85 bits per heavy atom. The molecule has 1 amide bonds. The number of amides is 1. The van der Waals surface area contributed by atoms with Crippen LogP contribution >= 0.6 is 0 Å². The van der Waals surface area contributed by atoms with Crippen LogP contribution in [0, 0.1) is 0 Å². The van der Waals surface area contributed by atoms with E-state index in [0.29, 0.717) is 5.56 Å². The monoisotopic (exact) mass is 283 g/mol. The highest BCUT2D eigenvalue weighted by atomic mass is 19.3. The molecule has 0 aliphatic heterocycles. The fourth-order valence-electron chi connectivity index (χ4n) is 2.03. The minimum Gasteiger partial charge on any atom is -0.478 e. The van der Waals surface area contributed by atoms with E-state index in [0.717, 1.165) is 12.8 Å². The summed E-state index contributed by atoms with van der Waals surface area (Å²) in [5.74, 6) is -1.38. The summed E-state index contributed by atoms with van der Waals surface area (Å²) < 4.78 is 24.9. The molecule has 108 valence electrons. The Labute approximate surface area is 115 Å². The summed E-state index contributed by atoms with van der Waals surface area (Å²) in [6, 6.07) is 5.82. The molecular formula is C14H15F2NO3. The molecule has 4 nitrogen and oxygen atoms in total.